The van der Waals surface area contributed by atoms with E-state index in [0.29, 0.717) is 12.3 Å². The number of hydrogen-bond donors (Lipinski definition) is 0. The fourth-order valence-electron chi connectivity index (χ4n) is 3.36. The minimum Gasteiger partial charge on any atom is -0.339 e. The molecule has 1 saturated carbocycles. The molecule has 1 saturated heterocycles. The molecule has 0 aromatic carbocycles. The maximum absolute atomic E-state index is 12.6. The fraction of sp³-hybridized carbons (Fsp3) is 0.857. The first-order valence-corrected chi connectivity index (χ1v) is 6.83. The molecule has 96 valence electrons. The van der Waals surface area contributed by atoms with Crippen molar-refractivity contribution in [2.75, 3.05) is 6.54 Å². The largest absolute Gasteiger partial charge is 0.339 e. The molecular formula is C14H23NO2. The van der Waals surface area contributed by atoms with Crippen LogP contribution in [-0.2, 0) is 9.59 Å². The quantitative estimate of drug-likeness (QED) is 0.756. The SMILES string of the molecule is CC(=O)CC1CCCN1C(=O)C1(C)CCCC1. The summed E-state index contributed by atoms with van der Waals surface area (Å²) in [4.78, 5) is 25.8. The molecule has 0 bridgehead atoms. The minimum atomic E-state index is -0.140. The molecule has 3 heteroatoms. The van der Waals surface area contributed by atoms with Gasteiger partial charge in [0.05, 0.1) is 0 Å². The molecule has 0 spiro atoms. The second kappa shape index (κ2) is 4.79. The molecule has 17 heavy (non-hydrogen) atoms. The van der Waals surface area contributed by atoms with E-state index in [9.17, 15) is 9.59 Å². The van der Waals surface area contributed by atoms with Crippen LogP contribution < -0.4 is 0 Å². The Hall–Kier alpha value is -0.860. The van der Waals surface area contributed by atoms with Crippen LogP contribution in [0.3, 0.4) is 0 Å². The lowest BCUT2D eigenvalue weighted by molar-refractivity contribution is -0.142. The maximum atomic E-state index is 12.6. The Balaban J connectivity index is 2.05. The van der Waals surface area contributed by atoms with Gasteiger partial charge >= 0.3 is 0 Å². The zero-order valence-corrected chi connectivity index (χ0v) is 11.0. The Bertz CT molecular complexity index is 318. The van der Waals surface area contributed by atoms with Gasteiger partial charge in [-0.1, -0.05) is 19.8 Å². The number of carbonyl (C=O) groups excluding carboxylic acids is 2. The molecule has 1 atom stereocenters. The Labute approximate surface area is 104 Å². The average molecular weight is 237 g/mol. The first-order chi connectivity index (χ1) is 8.03. The van der Waals surface area contributed by atoms with Gasteiger partial charge in [-0.25, -0.2) is 0 Å². The molecule has 2 fully saturated rings. The summed E-state index contributed by atoms with van der Waals surface area (Å²) < 4.78 is 0. The van der Waals surface area contributed by atoms with Crippen molar-refractivity contribution >= 4 is 11.7 Å². The molecule has 1 amide bonds. The number of likely N-dealkylation sites (tertiary alicyclic amines) is 1. The molecule has 0 radical (unpaired) electrons. The summed E-state index contributed by atoms with van der Waals surface area (Å²) in [6.07, 6.45) is 6.99. The standard InChI is InChI=1S/C14H23NO2/c1-11(16)10-12-6-5-9-15(12)13(17)14(2)7-3-4-8-14/h12H,3-10H2,1-2H3. The predicted octanol–water partition coefficient (Wildman–Crippen LogP) is 2.54. The Morgan fingerprint density at radius 3 is 2.47 bits per heavy atom. The number of hydrogen-bond acceptors (Lipinski definition) is 2. The van der Waals surface area contributed by atoms with Crippen LogP contribution in [0.1, 0.15) is 58.8 Å². The van der Waals surface area contributed by atoms with Gasteiger partial charge in [0.2, 0.25) is 5.91 Å². The molecule has 0 N–H and O–H groups in total. The van der Waals surface area contributed by atoms with Crippen molar-refractivity contribution in [3.05, 3.63) is 0 Å². The number of rotatable bonds is 3. The predicted molar refractivity (Wildman–Crippen MR) is 66.6 cm³/mol. The normalized spacial score (nSPS) is 27.4. The van der Waals surface area contributed by atoms with Crippen LogP contribution in [0.5, 0.6) is 0 Å². The van der Waals surface area contributed by atoms with Crippen molar-refractivity contribution in [1.29, 1.82) is 0 Å². The van der Waals surface area contributed by atoms with E-state index in [-0.39, 0.29) is 17.2 Å². The second-order valence-electron chi connectivity index (χ2n) is 5.97. The van der Waals surface area contributed by atoms with E-state index in [2.05, 4.69) is 6.92 Å². The van der Waals surface area contributed by atoms with Crippen LogP contribution in [0.15, 0.2) is 0 Å². The van der Waals surface area contributed by atoms with Gasteiger partial charge in [0.1, 0.15) is 5.78 Å². The topological polar surface area (TPSA) is 37.4 Å². The van der Waals surface area contributed by atoms with Gasteiger partial charge < -0.3 is 4.90 Å². The third-order valence-corrected chi connectivity index (χ3v) is 4.38. The van der Waals surface area contributed by atoms with Gasteiger partial charge in [-0.2, -0.15) is 0 Å². The summed E-state index contributed by atoms with van der Waals surface area (Å²) in [5, 5.41) is 0. The van der Waals surface area contributed by atoms with Crippen LogP contribution >= 0.6 is 0 Å². The van der Waals surface area contributed by atoms with Gasteiger partial charge in [-0.15, -0.1) is 0 Å². The van der Waals surface area contributed by atoms with Crippen molar-refractivity contribution < 1.29 is 9.59 Å². The number of carbonyl (C=O) groups is 2. The molecule has 2 rings (SSSR count). The highest BCUT2D eigenvalue weighted by Gasteiger charge is 2.42. The second-order valence-corrected chi connectivity index (χ2v) is 5.97. The average Bonchev–Trinajstić information content (AvgIpc) is 2.86. The Morgan fingerprint density at radius 1 is 1.24 bits per heavy atom. The summed E-state index contributed by atoms with van der Waals surface area (Å²) in [5.74, 6) is 0.505. The lowest BCUT2D eigenvalue weighted by atomic mass is 9.86. The minimum absolute atomic E-state index is 0.140. The number of Topliss-reactive ketones (excluding diaryl/α,β-unsaturated/α-hetero) is 1. The molecule has 0 aromatic rings. The van der Waals surface area contributed by atoms with E-state index in [1.807, 2.05) is 4.90 Å². The molecular weight excluding hydrogens is 214 g/mol. The van der Waals surface area contributed by atoms with Gasteiger partial charge in [0, 0.05) is 24.4 Å². The highest BCUT2D eigenvalue weighted by atomic mass is 16.2. The van der Waals surface area contributed by atoms with Crippen molar-refractivity contribution in [1.82, 2.24) is 4.90 Å². The van der Waals surface area contributed by atoms with Crippen LogP contribution in [0.25, 0.3) is 0 Å². The molecule has 2 aliphatic rings. The van der Waals surface area contributed by atoms with Gasteiger partial charge in [-0.3, -0.25) is 9.59 Å². The monoisotopic (exact) mass is 237 g/mol. The van der Waals surface area contributed by atoms with Crippen molar-refractivity contribution in [3.8, 4) is 0 Å². The summed E-state index contributed by atoms with van der Waals surface area (Å²) in [7, 11) is 0. The summed E-state index contributed by atoms with van der Waals surface area (Å²) >= 11 is 0. The zero-order chi connectivity index (χ0) is 12.5. The lowest BCUT2D eigenvalue weighted by Crippen LogP contribution is -2.44. The van der Waals surface area contributed by atoms with Crippen LogP contribution in [0.4, 0.5) is 0 Å². The van der Waals surface area contributed by atoms with Gasteiger partial charge in [0.25, 0.3) is 0 Å². The molecule has 1 aliphatic carbocycles. The molecule has 3 nitrogen and oxygen atoms in total. The number of amides is 1. The van der Waals surface area contributed by atoms with Crippen molar-refractivity contribution in [2.45, 2.75) is 64.8 Å². The van der Waals surface area contributed by atoms with E-state index >= 15 is 0 Å². The highest BCUT2D eigenvalue weighted by molar-refractivity contribution is 5.84. The summed E-state index contributed by atoms with van der Waals surface area (Å²) in [6.45, 7) is 4.58. The first kappa shape index (κ1) is 12.6. The number of ketones is 1. The molecule has 1 unspecified atom stereocenters. The number of nitrogens with zero attached hydrogens (tertiary/aromatic N) is 1. The Morgan fingerprint density at radius 2 is 1.88 bits per heavy atom. The molecule has 0 aromatic heterocycles. The van der Waals surface area contributed by atoms with E-state index in [1.54, 1.807) is 6.92 Å². The highest BCUT2D eigenvalue weighted by Crippen LogP contribution is 2.40. The maximum Gasteiger partial charge on any atom is 0.228 e. The molecule has 1 aliphatic heterocycles. The van der Waals surface area contributed by atoms with Crippen LogP contribution in [0, 0.1) is 5.41 Å². The third-order valence-electron chi connectivity index (χ3n) is 4.38. The van der Waals surface area contributed by atoms with Crippen molar-refractivity contribution in [3.63, 3.8) is 0 Å². The van der Waals surface area contributed by atoms with Crippen molar-refractivity contribution in [2.24, 2.45) is 5.41 Å². The Kier molecular flexibility index (Phi) is 3.55. The smallest absolute Gasteiger partial charge is 0.228 e. The fourth-order valence-corrected chi connectivity index (χ4v) is 3.36. The van der Waals surface area contributed by atoms with Crippen LogP contribution in [-0.4, -0.2) is 29.2 Å². The summed E-state index contributed by atoms with van der Waals surface area (Å²) in [6, 6.07) is 0.178. The summed E-state index contributed by atoms with van der Waals surface area (Å²) in [5.41, 5.74) is -0.140. The van der Waals surface area contributed by atoms with Crippen LogP contribution in [0.2, 0.25) is 0 Å². The lowest BCUT2D eigenvalue weighted by Gasteiger charge is -2.32. The van der Waals surface area contributed by atoms with Gasteiger partial charge in [-0.05, 0) is 32.6 Å². The third kappa shape index (κ3) is 2.53. The zero-order valence-electron chi connectivity index (χ0n) is 11.0. The van der Waals surface area contributed by atoms with Gasteiger partial charge in [0.15, 0.2) is 0 Å². The molecule has 1 heterocycles. The van der Waals surface area contributed by atoms with E-state index < -0.39 is 0 Å². The van der Waals surface area contributed by atoms with E-state index in [0.717, 1.165) is 32.2 Å². The van der Waals surface area contributed by atoms with E-state index in [1.165, 1.54) is 12.8 Å². The first-order valence-electron chi connectivity index (χ1n) is 6.83. The van der Waals surface area contributed by atoms with E-state index in [4.69, 9.17) is 0 Å².